The van der Waals surface area contributed by atoms with Gasteiger partial charge in [-0.2, -0.15) is 0 Å². The molecule has 0 bridgehead atoms. The second-order valence-electron chi connectivity index (χ2n) is 2.95. The lowest BCUT2D eigenvalue weighted by molar-refractivity contribution is 0.966. The summed E-state index contributed by atoms with van der Waals surface area (Å²) < 4.78 is 1.11. The summed E-state index contributed by atoms with van der Waals surface area (Å²) in [6, 6.07) is 10.1. The molecule has 76 valence electrons. The monoisotopic (exact) mass is 280 g/mol. The van der Waals surface area contributed by atoms with E-state index in [1.165, 1.54) is 5.56 Å². The summed E-state index contributed by atoms with van der Waals surface area (Å²) in [7, 11) is 0. The molecule has 0 radical (unpaired) electrons. The Labute approximate surface area is 101 Å². The van der Waals surface area contributed by atoms with Gasteiger partial charge in [0.05, 0.1) is 0 Å². The topological polar surface area (TPSA) is 25.8 Å². The fraction of sp³-hybridized carbons (Fsp3) is 0.0909. The highest BCUT2D eigenvalue weighted by Crippen LogP contribution is 2.20. The average Bonchev–Trinajstić information content (AvgIpc) is 2.28. The minimum absolute atomic E-state index is 0.817. The maximum absolute atomic E-state index is 4.16. The molecular weight excluding hydrogens is 272 g/mol. The predicted octanol–water partition coefficient (Wildman–Crippen LogP) is 3.53. The van der Waals surface area contributed by atoms with Crippen LogP contribution in [0.15, 0.2) is 52.4 Å². The van der Waals surface area contributed by atoms with Gasteiger partial charge in [0.25, 0.3) is 0 Å². The molecule has 0 aliphatic carbocycles. The Balaban J connectivity index is 1.99. The first-order chi connectivity index (χ1) is 7.34. The Morgan fingerprint density at radius 3 is 2.67 bits per heavy atom. The third-order valence-electron chi connectivity index (χ3n) is 1.80. The van der Waals surface area contributed by atoms with Crippen molar-refractivity contribution in [1.29, 1.82) is 0 Å². The first kappa shape index (κ1) is 10.6. The van der Waals surface area contributed by atoms with Crippen molar-refractivity contribution in [3.05, 3.63) is 52.8 Å². The Morgan fingerprint density at radius 2 is 1.93 bits per heavy atom. The van der Waals surface area contributed by atoms with E-state index in [0.29, 0.717) is 0 Å². The van der Waals surface area contributed by atoms with Crippen molar-refractivity contribution >= 4 is 27.7 Å². The van der Waals surface area contributed by atoms with Crippen LogP contribution in [0.25, 0.3) is 0 Å². The molecule has 0 aliphatic heterocycles. The number of hydrogen-bond donors (Lipinski definition) is 0. The number of halogens is 1. The fourth-order valence-corrected chi connectivity index (χ4v) is 2.33. The van der Waals surface area contributed by atoms with Crippen LogP contribution in [0.2, 0.25) is 0 Å². The normalized spacial score (nSPS) is 10.2. The van der Waals surface area contributed by atoms with Crippen molar-refractivity contribution in [3.8, 4) is 0 Å². The van der Waals surface area contributed by atoms with E-state index in [9.17, 15) is 0 Å². The third-order valence-corrected chi connectivity index (χ3v) is 3.24. The number of benzene rings is 1. The maximum Gasteiger partial charge on any atom is 0.187 e. The summed E-state index contributed by atoms with van der Waals surface area (Å²) in [4.78, 5) is 8.31. The first-order valence-corrected chi connectivity index (χ1v) is 6.27. The van der Waals surface area contributed by atoms with Crippen LogP contribution in [-0.2, 0) is 5.75 Å². The zero-order valence-corrected chi connectivity index (χ0v) is 10.3. The number of thioether (sulfide) groups is 1. The van der Waals surface area contributed by atoms with Gasteiger partial charge in [-0.3, -0.25) is 0 Å². The quantitative estimate of drug-likeness (QED) is 0.635. The Bertz CT molecular complexity index is 434. The number of hydrogen-bond acceptors (Lipinski definition) is 3. The highest BCUT2D eigenvalue weighted by atomic mass is 79.9. The van der Waals surface area contributed by atoms with Gasteiger partial charge in [-0.05, 0) is 23.8 Å². The Hall–Kier alpha value is -0.870. The van der Waals surface area contributed by atoms with Crippen molar-refractivity contribution in [3.63, 3.8) is 0 Å². The van der Waals surface area contributed by atoms with Crippen LogP contribution < -0.4 is 0 Å². The van der Waals surface area contributed by atoms with Crippen LogP contribution in [0.4, 0.5) is 0 Å². The van der Waals surface area contributed by atoms with Crippen LogP contribution >= 0.6 is 27.7 Å². The van der Waals surface area contributed by atoms with Gasteiger partial charge in [-0.1, -0.05) is 39.8 Å². The van der Waals surface area contributed by atoms with Crippen LogP contribution in [0.5, 0.6) is 0 Å². The maximum atomic E-state index is 4.16. The molecule has 0 spiro atoms. The molecule has 15 heavy (non-hydrogen) atoms. The second-order valence-corrected chi connectivity index (χ2v) is 4.81. The molecule has 0 N–H and O–H groups in total. The molecule has 2 nitrogen and oxygen atoms in total. The summed E-state index contributed by atoms with van der Waals surface area (Å²) in [6.45, 7) is 0. The zero-order valence-electron chi connectivity index (χ0n) is 7.93. The van der Waals surface area contributed by atoms with Crippen molar-refractivity contribution < 1.29 is 0 Å². The highest BCUT2D eigenvalue weighted by Gasteiger charge is 1.98. The molecule has 2 rings (SSSR count). The van der Waals surface area contributed by atoms with E-state index in [1.807, 2.05) is 18.2 Å². The molecule has 0 aliphatic rings. The van der Waals surface area contributed by atoms with E-state index < -0.39 is 0 Å². The Kier molecular flexibility index (Phi) is 3.75. The molecule has 0 unspecified atom stereocenters. The lowest BCUT2D eigenvalue weighted by Crippen LogP contribution is -1.85. The highest BCUT2D eigenvalue weighted by molar-refractivity contribution is 9.10. The molecule has 1 heterocycles. The molecule has 2 aromatic rings. The van der Waals surface area contributed by atoms with E-state index >= 15 is 0 Å². The van der Waals surface area contributed by atoms with Gasteiger partial charge in [0.2, 0.25) is 0 Å². The summed E-state index contributed by atoms with van der Waals surface area (Å²) in [5.74, 6) is 0.892. The molecule has 0 atom stereocenters. The number of nitrogens with zero attached hydrogens (tertiary/aromatic N) is 2. The average molecular weight is 281 g/mol. The van der Waals surface area contributed by atoms with E-state index in [0.717, 1.165) is 15.4 Å². The summed E-state index contributed by atoms with van der Waals surface area (Å²) in [5.41, 5.74) is 1.27. The van der Waals surface area contributed by atoms with Gasteiger partial charge in [0.15, 0.2) is 5.16 Å². The lowest BCUT2D eigenvalue weighted by Gasteiger charge is -2.00. The molecule has 4 heteroatoms. The van der Waals surface area contributed by atoms with Crippen molar-refractivity contribution in [2.24, 2.45) is 0 Å². The summed E-state index contributed by atoms with van der Waals surface area (Å²) in [6.07, 6.45) is 3.52. The van der Waals surface area contributed by atoms with E-state index in [4.69, 9.17) is 0 Å². The smallest absolute Gasteiger partial charge is 0.187 e. The van der Waals surface area contributed by atoms with Crippen LogP contribution in [0, 0.1) is 0 Å². The molecule has 0 saturated heterocycles. The molecule has 1 aromatic carbocycles. The van der Waals surface area contributed by atoms with Crippen molar-refractivity contribution in [1.82, 2.24) is 9.97 Å². The van der Waals surface area contributed by atoms with Gasteiger partial charge in [-0.15, -0.1) is 0 Å². The molecule has 0 saturated carbocycles. The predicted molar refractivity (Wildman–Crippen MR) is 65.7 cm³/mol. The third kappa shape index (κ3) is 3.32. The number of aromatic nitrogens is 2. The summed E-state index contributed by atoms with van der Waals surface area (Å²) >= 11 is 5.09. The summed E-state index contributed by atoms with van der Waals surface area (Å²) in [5, 5.41) is 0.817. The zero-order chi connectivity index (χ0) is 10.5. The molecule has 0 amide bonds. The van der Waals surface area contributed by atoms with Crippen LogP contribution in [0.3, 0.4) is 0 Å². The van der Waals surface area contributed by atoms with Crippen molar-refractivity contribution in [2.75, 3.05) is 0 Å². The van der Waals surface area contributed by atoms with E-state index in [-0.39, 0.29) is 0 Å². The largest absolute Gasteiger partial charge is 0.231 e. The second kappa shape index (κ2) is 5.28. The lowest BCUT2D eigenvalue weighted by atomic mass is 10.2. The van der Waals surface area contributed by atoms with Gasteiger partial charge in [0, 0.05) is 22.6 Å². The van der Waals surface area contributed by atoms with Gasteiger partial charge < -0.3 is 0 Å². The van der Waals surface area contributed by atoms with Gasteiger partial charge in [0.1, 0.15) is 0 Å². The standard InChI is InChI=1S/C11H9BrN2S/c12-10-4-1-3-9(7-10)8-15-11-13-5-2-6-14-11/h1-7H,8H2. The first-order valence-electron chi connectivity index (χ1n) is 4.49. The number of rotatable bonds is 3. The van der Waals surface area contributed by atoms with Crippen LogP contribution in [0.1, 0.15) is 5.56 Å². The molecule has 1 aromatic heterocycles. The SMILES string of the molecule is Brc1cccc(CSc2ncccn2)c1. The van der Waals surface area contributed by atoms with E-state index in [2.05, 4.69) is 38.0 Å². The van der Waals surface area contributed by atoms with Gasteiger partial charge in [-0.25, -0.2) is 9.97 Å². The van der Waals surface area contributed by atoms with Crippen LogP contribution in [-0.4, -0.2) is 9.97 Å². The fourth-order valence-electron chi connectivity index (χ4n) is 1.13. The van der Waals surface area contributed by atoms with Gasteiger partial charge >= 0.3 is 0 Å². The van der Waals surface area contributed by atoms with Crippen molar-refractivity contribution in [2.45, 2.75) is 10.9 Å². The van der Waals surface area contributed by atoms with E-state index in [1.54, 1.807) is 24.2 Å². The minimum Gasteiger partial charge on any atom is -0.231 e. The minimum atomic E-state index is 0.817. The molecular formula is C11H9BrN2S. The molecule has 0 fully saturated rings. The Morgan fingerprint density at radius 1 is 1.13 bits per heavy atom.